The van der Waals surface area contributed by atoms with E-state index in [9.17, 15) is 13.6 Å². The molecular weight excluding hydrogens is 190 g/mol. The lowest BCUT2D eigenvalue weighted by Gasteiger charge is -2.13. The summed E-state index contributed by atoms with van der Waals surface area (Å²) in [7, 11) is 0. The first-order valence-corrected chi connectivity index (χ1v) is 5.56. The second-order valence-electron chi connectivity index (χ2n) is 3.03. The van der Waals surface area contributed by atoms with Gasteiger partial charge in [0.2, 0.25) is 5.91 Å². The number of hydrogen-bond donors (Lipinski definition) is 1. The Labute approximate surface area is 81.5 Å². The molecule has 1 N–H and O–H groups in total. The molecule has 0 rings (SSSR count). The molecule has 0 aliphatic rings. The first-order valence-electron chi connectivity index (χ1n) is 4.48. The molecule has 2 unspecified atom stereocenters. The summed E-state index contributed by atoms with van der Waals surface area (Å²) in [5.41, 5.74) is 0. The van der Waals surface area contributed by atoms with Crippen molar-refractivity contribution in [2.75, 3.05) is 0 Å². The first kappa shape index (κ1) is 12.6. The Hall–Kier alpha value is -0.420. The molecule has 0 saturated carbocycles. The first-order chi connectivity index (χ1) is 6.10. The zero-order valence-electron chi connectivity index (χ0n) is 8.04. The Balaban J connectivity index is 3.79. The van der Waals surface area contributed by atoms with E-state index in [1.807, 2.05) is 18.6 Å². The molecule has 0 aliphatic heterocycles. The van der Waals surface area contributed by atoms with Crippen LogP contribution < -0.4 is 4.72 Å². The lowest BCUT2D eigenvalue weighted by Crippen LogP contribution is -2.27. The minimum Gasteiger partial charge on any atom is -0.755 e. The average molecular weight is 206 g/mol. The Morgan fingerprint density at radius 1 is 1.54 bits per heavy atom. The van der Waals surface area contributed by atoms with Crippen LogP contribution in [-0.4, -0.2) is 14.7 Å². The van der Waals surface area contributed by atoms with Gasteiger partial charge in [0.15, 0.2) is 0 Å². The van der Waals surface area contributed by atoms with Crippen LogP contribution in [0.25, 0.3) is 0 Å². The summed E-state index contributed by atoms with van der Waals surface area (Å²) in [4.78, 5) is 11.0. The summed E-state index contributed by atoms with van der Waals surface area (Å²) in [5.74, 6) is -0.109. The van der Waals surface area contributed by atoms with Crippen molar-refractivity contribution in [2.45, 2.75) is 39.5 Å². The van der Waals surface area contributed by atoms with E-state index in [-0.39, 0.29) is 0 Å². The number of nitrogens with one attached hydrogen (secondary N) is 1. The lowest BCUT2D eigenvalue weighted by molar-refractivity contribution is -0.120. The van der Waals surface area contributed by atoms with Crippen LogP contribution in [0.1, 0.15) is 39.5 Å². The number of amides is 1. The molecule has 0 saturated heterocycles. The molecule has 5 heteroatoms. The van der Waals surface area contributed by atoms with Crippen LogP contribution in [0, 0.1) is 5.92 Å². The molecule has 0 aromatic rings. The molecule has 0 bridgehead atoms. The molecule has 78 valence electrons. The third-order valence-corrected chi connectivity index (χ3v) is 2.34. The van der Waals surface area contributed by atoms with Gasteiger partial charge in [-0.05, 0) is 5.92 Å². The zero-order valence-corrected chi connectivity index (χ0v) is 8.86. The van der Waals surface area contributed by atoms with Gasteiger partial charge in [-0.1, -0.05) is 33.1 Å². The molecule has 2 atom stereocenters. The highest BCUT2D eigenvalue weighted by Crippen LogP contribution is 2.14. The second kappa shape index (κ2) is 7.03. The van der Waals surface area contributed by atoms with Gasteiger partial charge in [0.25, 0.3) is 0 Å². The van der Waals surface area contributed by atoms with Crippen molar-refractivity contribution >= 4 is 17.2 Å². The van der Waals surface area contributed by atoms with Crippen molar-refractivity contribution in [3.05, 3.63) is 0 Å². The number of carbonyl (C=O) groups is 1. The van der Waals surface area contributed by atoms with Crippen LogP contribution in [0.5, 0.6) is 0 Å². The monoisotopic (exact) mass is 206 g/mol. The zero-order chi connectivity index (χ0) is 10.3. The van der Waals surface area contributed by atoms with Crippen molar-refractivity contribution in [3.8, 4) is 0 Å². The number of rotatable bonds is 6. The minimum atomic E-state index is -2.47. The molecule has 0 radical (unpaired) electrons. The van der Waals surface area contributed by atoms with Gasteiger partial charge in [0, 0.05) is 17.7 Å². The van der Waals surface area contributed by atoms with Crippen molar-refractivity contribution < 1.29 is 13.6 Å². The highest BCUT2D eigenvalue weighted by molar-refractivity contribution is 7.77. The van der Waals surface area contributed by atoms with Gasteiger partial charge in [0.05, 0.1) is 0 Å². The summed E-state index contributed by atoms with van der Waals surface area (Å²) in [5, 5.41) is 0. The Morgan fingerprint density at radius 3 is 2.54 bits per heavy atom. The van der Waals surface area contributed by atoms with Crippen molar-refractivity contribution in [1.29, 1.82) is 0 Å². The van der Waals surface area contributed by atoms with Gasteiger partial charge in [-0.3, -0.25) is 13.7 Å². The Morgan fingerprint density at radius 2 is 2.15 bits per heavy atom. The van der Waals surface area contributed by atoms with E-state index in [2.05, 4.69) is 0 Å². The fourth-order valence-corrected chi connectivity index (χ4v) is 1.52. The lowest BCUT2D eigenvalue weighted by atomic mass is 9.97. The summed E-state index contributed by atoms with van der Waals surface area (Å²) < 4.78 is 22.1. The number of carbonyl (C=O) groups excluding carboxylic acids is 1. The molecule has 1 amide bonds. The highest BCUT2D eigenvalue weighted by Gasteiger charge is 2.10. The van der Waals surface area contributed by atoms with Crippen molar-refractivity contribution in [3.63, 3.8) is 0 Å². The molecule has 0 aliphatic carbocycles. The molecule has 0 heterocycles. The highest BCUT2D eigenvalue weighted by atomic mass is 32.2. The molecule has 0 spiro atoms. The van der Waals surface area contributed by atoms with E-state index in [1.165, 1.54) is 0 Å². The van der Waals surface area contributed by atoms with Crippen LogP contribution in [0.15, 0.2) is 0 Å². The number of hydrogen-bond acceptors (Lipinski definition) is 3. The van der Waals surface area contributed by atoms with Gasteiger partial charge in [-0.2, -0.15) is 0 Å². The maximum absolute atomic E-state index is 11.0. The standard InChI is InChI=1S/C8H17NO3S/c1-3-5-7(4-2)6-8(10)9-13(11)12/h7H,3-6H2,1-2H3,(H,9,10)(H,11,12)/p-1. The van der Waals surface area contributed by atoms with Crippen LogP contribution in [0.2, 0.25) is 0 Å². The van der Waals surface area contributed by atoms with Crippen LogP contribution in [0.4, 0.5) is 0 Å². The smallest absolute Gasteiger partial charge is 0.231 e. The van der Waals surface area contributed by atoms with Crippen LogP contribution in [-0.2, 0) is 16.1 Å². The van der Waals surface area contributed by atoms with Crippen molar-refractivity contribution in [2.24, 2.45) is 5.92 Å². The van der Waals surface area contributed by atoms with E-state index in [0.717, 1.165) is 19.3 Å². The fraction of sp³-hybridized carbons (Fsp3) is 0.875. The Kier molecular flexibility index (Phi) is 6.80. The molecule has 13 heavy (non-hydrogen) atoms. The SMILES string of the molecule is CCCC(CC)CC(=O)NS(=O)[O-]. The second-order valence-corrected chi connectivity index (χ2v) is 3.70. The predicted molar refractivity (Wildman–Crippen MR) is 50.4 cm³/mol. The largest absolute Gasteiger partial charge is 0.755 e. The summed E-state index contributed by atoms with van der Waals surface area (Å²) in [6.07, 6.45) is 3.20. The molecule has 0 aromatic heterocycles. The van der Waals surface area contributed by atoms with E-state index in [1.54, 1.807) is 0 Å². The van der Waals surface area contributed by atoms with E-state index >= 15 is 0 Å². The summed E-state index contributed by atoms with van der Waals surface area (Å²) in [6, 6.07) is 0. The molecule has 0 fully saturated rings. The maximum Gasteiger partial charge on any atom is 0.231 e. The predicted octanol–water partition coefficient (Wildman–Crippen LogP) is 1.11. The van der Waals surface area contributed by atoms with Gasteiger partial charge in [-0.15, -0.1) is 0 Å². The van der Waals surface area contributed by atoms with E-state index in [0.29, 0.717) is 12.3 Å². The summed E-state index contributed by atoms with van der Waals surface area (Å²) in [6.45, 7) is 4.05. The molecule has 0 aromatic carbocycles. The fourth-order valence-electron chi connectivity index (χ4n) is 1.26. The topological polar surface area (TPSA) is 69.2 Å². The van der Waals surface area contributed by atoms with Gasteiger partial charge >= 0.3 is 0 Å². The minimum absolute atomic E-state index is 0.300. The Bertz CT molecular complexity index is 184. The van der Waals surface area contributed by atoms with E-state index in [4.69, 9.17) is 0 Å². The molecule has 4 nitrogen and oxygen atoms in total. The third-order valence-electron chi connectivity index (χ3n) is 1.95. The van der Waals surface area contributed by atoms with Crippen molar-refractivity contribution in [1.82, 2.24) is 4.72 Å². The van der Waals surface area contributed by atoms with Crippen LogP contribution >= 0.6 is 0 Å². The van der Waals surface area contributed by atoms with E-state index < -0.39 is 17.2 Å². The van der Waals surface area contributed by atoms with Crippen LogP contribution in [0.3, 0.4) is 0 Å². The quantitative estimate of drug-likeness (QED) is 0.662. The summed E-state index contributed by atoms with van der Waals surface area (Å²) >= 11 is -2.47. The van der Waals surface area contributed by atoms with Gasteiger partial charge in [0.1, 0.15) is 0 Å². The van der Waals surface area contributed by atoms with Gasteiger partial charge < -0.3 is 4.55 Å². The third kappa shape index (κ3) is 6.72. The average Bonchev–Trinajstić information content (AvgIpc) is 2.02. The maximum atomic E-state index is 11.0. The van der Waals surface area contributed by atoms with Gasteiger partial charge in [-0.25, -0.2) is 0 Å². The molecular formula is C8H16NO3S-. The normalized spacial score (nSPS) is 15.0.